The summed E-state index contributed by atoms with van der Waals surface area (Å²) in [7, 11) is -1.93. The second kappa shape index (κ2) is 7.00. The van der Waals surface area contributed by atoms with Crippen LogP contribution in [0.1, 0.15) is 19.4 Å². The second-order valence-electron chi connectivity index (χ2n) is 4.88. The predicted molar refractivity (Wildman–Crippen MR) is 75.2 cm³/mol. The van der Waals surface area contributed by atoms with Crippen molar-refractivity contribution in [1.29, 1.82) is 0 Å². The van der Waals surface area contributed by atoms with Crippen LogP contribution in [0.5, 0.6) is 0 Å². The number of nitrogens with two attached hydrogens (primary N) is 1. The lowest BCUT2D eigenvalue weighted by Gasteiger charge is -2.21. The largest absolute Gasteiger partial charge is 0.383 e. The summed E-state index contributed by atoms with van der Waals surface area (Å²) in [5.74, 6) is 0.462. The van der Waals surface area contributed by atoms with Crippen molar-refractivity contribution in [3.8, 4) is 0 Å². The number of hydrogen-bond acceptors (Lipinski definition) is 4. The number of methoxy groups -OCH3 is 1. The number of sulfonamides is 1. The molecule has 19 heavy (non-hydrogen) atoms. The Morgan fingerprint density at radius 3 is 2.26 bits per heavy atom. The van der Waals surface area contributed by atoms with Gasteiger partial charge in [0.2, 0.25) is 10.0 Å². The Balaban J connectivity index is 2.63. The Bertz CT molecular complexity index is 483. The Kier molecular flexibility index (Phi) is 5.93. The summed E-state index contributed by atoms with van der Waals surface area (Å²) in [5.41, 5.74) is 1.01. The second-order valence-corrected chi connectivity index (χ2v) is 6.44. The summed E-state index contributed by atoms with van der Waals surface area (Å²) < 4.78 is 27.4. The van der Waals surface area contributed by atoms with Gasteiger partial charge < -0.3 is 10.1 Å². The van der Waals surface area contributed by atoms with Gasteiger partial charge in [-0.25, -0.2) is 13.6 Å². The molecule has 0 heterocycles. The summed E-state index contributed by atoms with van der Waals surface area (Å²) in [6.07, 6.45) is 0. The maximum Gasteiger partial charge on any atom is 0.238 e. The molecule has 0 radical (unpaired) electrons. The molecule has 0 aromatic heterocycles. The average Bonchev–Trinajstić information content (AvgIpc) is 2.33. The highest BCUT2D eigenvalue weighted by Crippen LogP contribution is 2.10. The molecule has 1 rings (SSSR count). The molecule has 1 unspecified atom stereocenters. The highest BCUT2D eigenvalue weighted by atomic mass is 32.2. The van der Waals surface area contributed by atoms with Crippen molar-refractivity contribution in [1.82, 2.24) is 5.32 Å². The van der Waals surface area contributed by atoms with Crippen LogP contribution in [0.3, 0.4) is 0 Å². The SMILES string of the molecule is COCC(NCc1ccc(S(N)(=O)=O)cc1)C(C)C. The van der Waals surface area contributed by atoms with Gasteiger partial charge in [0, 0.05) is 19.7 Å². The number of hydrogen-bond donors (Lipinski definition) is 2. The summed E-state index contributed by atoms with van der Waals surface area (Å²) in [5, 5.41) is 8.44. The van der Waals surface area contributed by atoms with Crippen molar-refractivity contribution in [2.45, 2.75) is 31.3 Å². The Labute approximate surface area is 115 Å². The Morgan fingerprint density at radius 1 is 1.26 bits per heavy atom. The van der Waals surface area contributed by atoms with Crippen LogP contribution in [0.25, 0.3) is 0 Å². The molecule has 0 aliphatic heterocycles. The van der Waals surface area contributed by atoms with Crippen molar-refractivity contribution < 1.29 is 13.2 Å². The average molecular weight is 286 g/mol. The van der Waals surface area contributed by atoms with E-state index in [9.17, 15) is 8.42 Å². The minimum absolute atomic E-state index is 0.133. The maximum atomic E-state index is 11.1. The molecule has 3 N–H and O–H groups in total. The number of rotatable bonds is 7. The first-order chi connectivity index (χ1) is 8.84. The van der Waals surface area contributed by atoms with Crippen LogP contribution in [-0.4, -0.2) is 28.2 Å². The van der Waals surface area contributed by atoms with E-state index in [1.807, 2.05) is 0 Å². The van der Waals surface area contributed by atoms with E-state index < -0.39 is 10.0 Å². The summed E-state index contributed by atoms with van der Waals surface area (Å²) >= 11 is 0. The van der Waals surface area contributed by atoms with E-state index in [1.54, 1.807) is 19.2 Å². The summed E-state index contributed by atoms with van der Waals surface area (Å²) in [4.78, 5) is 0.133. The van der Waals surface area contributed by atoms with Crippen LogP contribution < -0.4 is 10.5 Å². The Hall–Kier alpha value is -0.950. The monoisotopic (exact) mass is 286 g/mol. The summed E-state index contributed by atoms with van der Waals surface area (Å²) in [6, 6.07) is 6.83. The molecular weight excluding hydrogens is 264 g/mol. The van der Waals surface area contributed by atoms with E-state index in [1.165, 1.54) is 12.1 Å². The molecule has 1 aromatic carbocycles. The van der Waals surface area contributed by atoms with Crippen LogP contribution >= 0.6 is 0 Å². The fourth-order valence-corrected chi connectivity index (χ4v) is 2.23. The molecule has 1 aromatic rings. The number of primary sulfonamides is 1. The van der Waals surface area contributed by atoms with Crippen molar-refractivity contribution in [2.75, 3.05) is 13.7 Å². The van der Waals surface area contributed by atoms with Crippen LogP contribution in [0.15, 0.2) is 29.2 Å². The first kappa shape index (κ1) is 16.1. The molecule has 0 bridgehead atoms. The molecule has 0 saturated heterocycles. The van der Waals surface area contributed by atoms with Gasteiger partial charge in [0.15, 0.2) is 0 Å². The van der Waals surface area contributed by atoms with E-state index in [-0.39, 0.29) is 10.9 Å². The van der Waals surface area contributed by atoms with Crippen molar-refractivity contribution in [3.63, 3.8) is 0 Å². The van der Waals surface area contributed by atoms with E-state index in [0.717, 1.165) is 5.56 Å². The first-order valence-corrected chi connectivity index (χ1v) is 7.73. The molecular formula is C13H22N2O3S. The standard InChI is InChI=1S/C13H22N2O3S/c1-10(2)13(9-18-3)15-8-11-4-6-12(7-5-11)19(14,16)17/h4-7,10,13,15H,8-9H2,1-3H3,(H2,14,16,17). The smallest absolute Gasteiger partial charge is 0.238 e. The number of nitrogens with one attached hydrogen (secondary N) is 1. The molecule has 5 nitrogen and oxygen atoms in total. The molecule has 108 valence electrons. The van der Waals surface area contributed by atoms with Gasteiger partial charge in [-0.05, 0) is 23.6 Å². The van der Waals surface area contributed by atoms with Gasteiger partial charge in [-0.2, -0.15) is 0 Å². The topological polar surface area (TPSA) is 81.4 Å². The zero-order valence-corrected chi connectivity index (χ0v) is 12.4. The third kappa shape index (κ3) is 5.28. The van der Waals surface area contributed by atoms with Gasteiger partial charge in [0.25, 0.3) is 0 Å². The lowest BCUT2D eigenvalue weighted by Crippen LogP contribution is -2.37. The fourth-order valence-electron chi connectivity index (χ4n) is 1.71. The fraction of sp³-hybridized carbons (Fsp3) is 0.538. The highest BCUT2D eigenvalue weighted by molar-refractivity contribution is 7.89. The molecule has 0 fully saturated rings. The minimum atomic E-state index is -3.61. The number of ether oxygens (including phenoxy) is 1. The molecule has 0 aliphatic rings. The van der Waals surface area contributed by atoms with Crippen LogP contribution in [-0.2, 0) is 21.3 Å². The van der Waals surface area contributed by atoms with E-state index in [4.69, 9.17) is 9.88 Å². The molecule has 0 aliphatic carbocycles. The maximum absolute atomic E-state index is 11.1. The van der Waals surface area contributed by atoms with E-state index in [0.29, 0.717) is 19.1 Å². The third-order valence-corrected chi connectivity index (χ3v) is 3.90. The molecule has 1 atom stereocenters. The zero-order chi connectivity index (χ0) is 14.5. The van der Waals surface area contributed by atoms with Crippen molar-refractivity contribution >= 4 is 10.0 Å². The van der Waals surface area contributed by atoms with Gasteiger partial charge in [0.05, 0.1) is 11.5 Å². The number of benzene rings is 1. The Morgan fingerprint density at radius 2 is 1.84 bits per heavy atom. The van der Waals surface area contributed by atoms with Gasteiger partial charge in [-0.1, -0.05) is 26.0 Å². The van der Waals surface area contributed by atoms with E-state index >= 15 is 0 Å². The van der Waals surface area contributed by atoms with Gasteiger partial charge in [-0.15, -0.1) is 0 Å². The van der Waals surface area contributed by atoms with Crippen molar-refractivity contribution in [2.24, 2.45) is 11.1 Å². The van der Waals surface area contributed by atoms with Gasteiger partial charge >= 0.3 is 0 Å². The quantitative estimate of drug-likeness (QED) is 0.786. The lowest BCUT2D eigenvalue weighted by atomic mass is 10.1. The van der Waals surface area contributed by atoms with E-state index in [2.05, 4.69) is 19.2 Å². The molecule has 0 amide bonds. The molecule has 0 spiro atoms. The lowest BCUT2D eigenvalue weighted by molar-refractivity contribution is 0.146. The van der Waals surface area contributed by atoms with Gasteiger partial charge in [-0.3, -0.25) is 0 Å². The van der Waals surface area contributed by atoms with Crippen molar-refractivity contribution in [3.05, 3.63) is 29.8 Å². The van der Waals surface area contributed by atoms with Crippen LogP contribution in [0.4, 0.5) is 0 Å². The third-order valence-electron chi connectivity index (χ3n) is 2.97. The van der Waals surface area contributed by atoms with Crippen LogP contribution in [0, 0.1) is 5.92 Å². The highest BCUT2D eigenvalue weighted by Gasteiger charge is 2.12. The summed E-state index contributed by atoms with van der Waals surface area (Å²) in [6.45, 7) is 5.56. The van der Waals surface area contributed by atoms with Crippen LogP contribution in [0.2, 0.25) is 0 Å². The zero-order valence-electron chi connectivity index (χ0n) is 11.6. The van der Waals surface area contributed by atoms with Gasteiger partial charge in [0.1, 0.15) is 0 Å². The predicted octanol–water partition coefficient (Wildman–Crippen LogP) is 1.09. The molecule has 0 saturated carbocycles. The molecule has 6 heteroatoms. The normalized spacial score (nSPS) is 13.7. The first-order valence-electron chi connectivity index (χ1n) is 6.18. The minimum Gasteiger partial charge on any atom is -0.383 e.